The Hall–Kier alpha value is -2.69. The molecule has 0 unspecified atom stereocenters. The molecule has 0 fully saturated rings. The van der Waals surface area contributed by atoms with Crippen molar-refractivity contribution in [3.05, 3.63) is 52.0 Å². The van der Waals surface area contributed by atoms with Gasteiger partial charge in [0.1, 0.15) is 12.6 Å². The molecule has 0 spiro atoms. The largest absolute Gasteiger partial charge is 0.454 e. The van der Waals surface area contributed by atoms with Crippen molar-refractivity contribution in [2.24, 2.45) is 0 Å². The summed E-state index contributed by atoms with van der Waals surface area (Å²) in [4.78, 5) is 27.3. The zero-order chi connectivity index (χ0) is 25.0. The van der Waals surface area contributed by atoms with Gasteiger partial charge < -0.3 is 19.7 Å². The van der Waals surface area contributed by atoms with E-state index in [4.69, 9.17) is 32.7 Å². The van der Waals surface area contributed by atoms with E-state index in [1.807, 2.05) is 0 Å². The molecule has 1 atom stereocenters. The maximum atomic E-state index is 13.5. The van der Waals surface area contributed by atoms with E-state index in [9.17, 15) is 18.0 Å². The van der Waals surface area contributed by atoms with Gasteiger partial charge in [-0.1, -0.05) is 29.3 Å². The summed E-state index contributed by atoms with van der Waals surface area (Å²) < 4.78 is 36.8. The van der Waals surface area contributed by atoms with Gasteiger partial charge in [-0.15, -0.1) is 0 Å². The Balaban J connectivity index is 1.95. The third-order valence-electron chi connectivity index (χ3n) is 5.23. The number of carbonyl (C=O) groups is 2. The molecule has 2 aromatic rings. The molecule has 0 saturated carbocycles. The molecule has 0 bridgehead atoms. The van der Waals surface area contributed by atoms with Crippen molar-refractivity contribution >= 4 is 50.7 Å². The minimum absolute atomic E-state index is 0.0209. The van der Waals surface area contributed by atoms with Gasteiger partial charge in [-0.2, -0.15) is 0 Å². The molecule has 34 heavy (non-hydrogen) atoms. The average molecular weight is 530 g/mol. The van der Waals surface area contributed by atoms with Crippen LogP contribution in [0.25, 0.3) is 0 Å². The first-order valence-electron chi connectivity index (χ1n) is 10.4. The van der Waals surface area contributed by atoms with Gasteiger partial charge in [-0.05, 0) is 38.1 Å². The predicted molar refractivity (Wildman–Crippen MR) is 130 cm³/mol. The van der Waals surface area contributed by atoms with Gasteiger partial charge in [0.15, 0.2) is 11.5 Å². The number of amides is 2. The minimum Gasteiger partial charge on any atom is -0.454 e. The fraction of sp³-hybridized carbons (Fsp3) is 0.364. The Kier molecular flexibility index (Phi) is 8.17. The highest BCUT2D eigenvalue weighted by atomic mass is 35.5. The monoisotopic (exact) mass is 529 g/mol. The lowest BCUT2D eigenvalue weighted by atomic mass is 10.1. The number of rotatable bonds is 9. The SMILES string of the molecule is CCNC(=O)[C@H](C)N(Cc1c(Cl)cccc1Cl)C(=O)CN(c1ccc2c(c1)OCO2)S(C)(=O)=O. The lowest BCUT2D eigenvalue weighted by Gasteiger charge is -2.31. The van der Waals surface area contributed by atoms with Crippen molar-refractivity contribution in [2.75, 3.05) is 30.4 Å². The number of nitrogens with one attached hydrogen (secondary N) is 1. The molecule has 0 aliphatic carbocycles. The third-order valence-corrected chi connectivity index (χ3v) is 7.08. The van der Waals surface area contributed by atoms with Gasteiger partial charge in [-0.3, -0.25) is 13.9 Å². The molecule has 0 saturated heterocycles. The standard InChI is InChI=1S/C22H25Cl2N3O6S/c1-4-25-22(29)14(2)26(11-16-17(23)6-5-7-18(16)24)21(28)12-27(34(3,30)31)15-8-9-19-20(10-15)33-13-32-19/h5-10,14H,4,11-13H2,1-3H3,(H,25,29)/t14-/m0/s1. The van der Waals surface area contributed by atoms with Crippen molar-refractivity contribution in [2.45, 2.75) is 26.4 Å². The number of fused-ring (bicyclic) bond motifs is 1. The summed E-state index contributed by atoms with van der Waals surface area (Å²) in [5, 5.41) is 3.32. The quantitative estimate of drug-likeness (QED) is 0.535. The zero-order valence-electron chi connectivity index (χ0n) is 18.9. The number of likely N-dealkylation sites (N-methyl/N-ethyl adjacent to an activating group) is 1. The van der Waals surface area contributed by atoms with Gasteiger partial charge in [-0.25, -0.2) is 8.42 Å². The highest BCUT2D eigenvalue weighted by Crippen LogP contribution is 2.36. The average Bonchev–Trinajstić information content (AvgIpc) is 3.24. The summed E-state index contributed by atoms with van der Waals surface area (Å²) in [5.74, 6) is -0.164. The second-order valence-corrected chi connectivity index (χ2v) is 10.3. The van der Waals surface area contributed by atoms with Gasteiger partial charge >= 0.3 is 0 Å². The summed E-state index contributed by atoms with van der Waals surface area (Å²) in [7, 11) is -3.87. The molecule has 1 N–H and O–H groups in total. The molecule has 9 nitrogen and oxygen atoms in total. The van der Waals surface area contributed by atoms with Crippen LogP contribution in [0.1, 0.15) is 19.4 Å². The molecule has 184 valence electrons. The van der Waals surface area contributed by atoms with Crippen LogP contribution in [0.5, 0.6) is 11.5 Å². The van der Waals surface area contributed by atoms with Crippen LogP contribution in [0.2, 0.25) is 10.0 Å². The molecule has 1 heterocycles. The van der Waals surface area contributed by atoms with E-state index in [-0.39, 0.29) is 19.0 Å². The Labute approximate surface area is 208 Å². The first kappa shape index (κ1) is 25.9. The maximum Gasteiger partial charge on any atom is 0.244 e. The van der Waals surface area contributed by atoms with E-state index in [1.54, 1.807) is 38.1 Å². The molecule has 3 rings (SSSR count). The molecule has 0 radical (unpaired) electrons. The lowest BCUT2D eigenvalue weighted by molar-refractivity contribution is -0.139. The van der Waals surface area contributed by atoms with Crippen LogP contribution in [0, 0.1) is 0 Å². The Bertz CT molecular complexity index is 1170. The van der Waals surface area contributed by atoms with E-state index >= 15 is 0 Å². The predicted octanol–water partition coefficient (Wildman–Crippen LogP) is 3.04. The normalized spacial score (nSPS) is 13.3. The Morgan fingerprint density at radius 3 is 2.38 bits per heavy atom. The summed E-state index contributed by atoms with van der Waals surface area (Å²) in [6.45, 7) is 3.06. The second kappa shape index (κ2) is 10.7. The minimum atomic E-state index is -3.87. The van der Waals surface area contributed by atoms with Crippen LogP contribution in [0.3, 0.4) is 0 Å². The van der Waals surface area contributed by atoms with Crippen molar-refractivity contribution in [3.8, 4) is 11.5 Å². The summed E-state index contributed by atoms with van der Waals surface area (Å²) in [6, 6.07) is 8.56. The zero-order valence-corrected chi connectivity index (χ0v) is 21.2. The fourth-order valence-corrected chi connectivity index (χ4v) is 4.77. The fourth-order valence-electron chi connectivity index (χ4n) is 3.41. The van der Waals surface area contributed by atoms with Crippen LogP contribution in [-0.4, -0.2) is 57.3 Å². The third kappa shape index (κ3) is 5.86. The number of benzene rings is 2. The Morgan fingerprint density at radius 2 is 1.76 bits per heavy atom. The number of ether oxygens (including phenoxy) is 2. The summed E-state index contributed by atoms with van der Waals surface area (Å²) >= 11 is 12.6. The molecule has 2 amide bonds. The smallest absolute Gasteiger partial charge is 0.244 e. The van der Waals surface area contributed by atoms with E-state index in [1.165, 1.54) is 17.0 Å². The van der Waals surface area contributed by atoms with Crippen LogP contribution in [0.15, 0.2) is 36.4 Å². The number of sulfonamides is 1. The molecule has 1 aliphatic rings. The molecular formula is C22H25Cl2N3O6S. The number of hydrogen-bond donors (Lipinski definition) is 1. The highest BCUT2D eigenvalue weighted by molar-refractivity contribution is 7.92. The second-order valence-electron chi connectivity index (χ2n) is 7.60. The number of halogens is 2. The maximum absolute atomic E-state index is 13.5. The Morgan fingerprint density at radius 1 is 1.12 bits per heavy atom. The van der Waals surface area contributed by atoms with Crippen molar-refractivity contribution in [1.82, 2.24) is 10.2 Å². The molecular weight excluding hydrogens is 505 g/mol. The molecule has 12 heteroatoms. The van der Waals surface area contributed by atoms with Crippen molar-refractivity contribution in [3.63, 3.8) is 0 Å². The van der Waals surface area contributed by atoms with Gasteiger partial charge in [0, 0.05) is 34.8 Å². The van der Waals surface area contributed by atoms with E-state index in [0.29, 0.717) is 33.7 Å². The van der Waals surface area contributed by atoms with Crippen molar-refractivity contribution < 1.29 is 27.5 Å². The van der Waals surface area contributed by atoms with Crippen LogP contribution in [0.4, 0.5) is 5.69 Å². The summed E-state index contributed by atoms with van der Waals surface area (Å²) in [6.07, 6.45) is 0.993. The highest BCUT2D eigenvalue weighted by Gasteiger charge is 2.31. The topological polar surface area (TPSA) is 105 Å². The summed E-state index contributed by atoms with van der Waals surface area (Å²) in [5.41, 5.74) is 0.672. The lowest BCUT2D eigenvalue weighted by Crippen LogP contribution is -2.51. The van der Waals surface area contributed by atoms with Gasteiger partial charge in [0.05, 0.1) is 11.9 Å². The van der Waals surface area contributed by atoms with Gasteiger partial charge in [0.25, 0.3) is 0 Å². The van der Waals surface area contributed by atoms with E-state index in [0.717, 1.165) is 10.6 Å². The number of carbonyl (C=O) groups excluding carboxylic acids is 2. The molecule has 0 aromatic heterocycles. The molecule has 2 aromatic carbocycles. The first-order chi connectivity index (χ1) is 16.0. The van der Waals surface area contributed by atoms with Crippen LogP contribution in [-0.2, 0) is 26.2 Å². The molecule has 1 aliphatic heterocycles. The van der Waals surface area contributed by atoms with Crippen molar-refractivity contribution in [1.29, 1.82) is 0 Å². The van der Waals surface area contributed by atoms with E-state index in [2.05, 4.69) is 5.32 Å². The van der Waals surface area contributed by atoms with E-state index < -0.39 is 34.4 Å². The number of hydrogen-bond acceptors (Lipinski definition) is 6. The first-order valence-corrected chi connectivity index (χ1v) is 13.0. The van der Waals surface area contributed by atoms with Crippen LogP contribution >= 0.6 is 23.2 Å². The number of nitrogens with zero attached hydrogens (tertiary/aromatic N) is 2. The van der Waals surface area contributed by atoms with Crippen LogP contribution < -0.4 is 19.1 Å². The number of anilines is 1. The van der Waals surface area contributed by atoms with Gasteiger partial charge in [0.2, 0.25) is 28.6 Å².